The fourth-order valence-electron chi connectivity index (χ4n) is 4.04. The first kappa shape index (κ1) is 19.5. The number of hydrogen-bond donors (Lipinski definition) is 1. The number of carbonyl (C=O) groups excluding carboxylic acids is 1. The van der Waals surface area contributed by atoms with Gasteiger partial charge in [-0.3, -0.25) is 4.79 Å². The summed E-state index contributed by atoms with van der Waals surface area (Å²) in [6, 6.07) is 15.0. The van der Waals surface area contributed by atoms with Crippen LogP contribution >= 0.6 is 0 Å². The van der Waals surface area contributed by atoms with Gasteiger partial charge >= 0.3 is 6.18 Å². The van der Waals surface area contributed by atoms with Crippen molar-refractivity contribution in [2.24, 2.45) is 5.41 Å². The molecule has 0 atom stereocenters. The molecular weight excluding hydrogens is 351 g/mol. The zero-order valence-corrected chi connectivity index (χ0v) is 15.2. The van der Waals surface area contributed by atoms with Gasteiger partial charge in [-0.05, 0) is 42.4 Å². The van der Waals surface area contributed by atoms with E-state index in [-0.39, 0.29) is 11.0 Å². The van der Waals surface area contributed by atoms with E-state index in [4.69, 9.17) is 0 Å². The van der Waals surface area contributed by atoms with Crippen molar-refractivity contribution in [3.63, 3.8) is 0 Å². The molecule has 1 aliphatic carbocycles. The number of amides is 1. The fraction of sp³-hybridized carbons (Fsp3) is 0.409. The van der Waals surface area contributed by atoms with Crippen LogP contribution < -0.4 is 5.32 Å². The van der Waals surface area contributed by atoms with Gasteiger partial charge in [-0.1, -0.05) is 61.7 Å². The van der Waals surface area contributed by atoms with Crippen molar-refractivity contribution in [3.8, 4) is 0 Å². The van der Waals surface area contributed by atoms with E-state index >= 15 is 0 Å². The third-order valence-electron chi connectivity index (χ3n) is 5.44. The van der Waals surface area contributed by atoms with Crippen LogP contribution in [0, 0.1) is 5.41 Å². The Morgan fingerprint density at radius 2 is 1.56 bits per heavy atom. The fourth-order valence-corrected chi connectivity index (χ4v) is 4.04. The van der Waals surface area contributed by atoms with Gasteiger partial charge < -0.3 is 5.32 Å². The first-order valence-corrected chi connectivity index (χ1v) is 9.38. The highest BCUT2D eigenvalue weighted by atomic mass is 19.4. The summed E-state index contributed by atoms with van der Waals surface area (Å²) in [6.07, 6.45) is 1.58. The maximum atomic E-state index is 13.2. The standard InChI is InChI=1S/C22H24F3NO/c23-22(24,25)19-12-6-5-11-18(19)20(27)26-16-21(13-7-2-8-14-21)15-17-9-3-1-4-10-17/h1,3-6,9-12H,2,7-8,13-16H2,(H,26,27). The highest BCUT2D eigenvalue weighted by Gasteiger charge is 2.36. The van der Waals surface area contributed by atoms with Gasteiger partial charge in [0.25, 0.3) is 5.91 Å². The van der Waals surface area contributed by atoms with Crippen molar-refractivity contribution in [1.29, 1.82) is 0 Å². The second kappa shape index (κ2) is 8.15. The molecule has 2 aromatic carbocycles. The van der Waals surface area contributed by atoms with Crippen molar-refractivity contribution in [1.82, 2.24) is 5.32 Å². The molecular formula is C22H24F3NO. The van der Waals surface area contributed by atoms with Gasteiger partial charge in [0.05, 0.1) is 11.1 Å². The average molecular weight is 375 g/mol. The summed E-state index contributed by atoms with van der Waals surface area (Å²) in [5.41, 5.74) is -0.0918. The van der Waals surface area contributed by atoms with Crippen molar-refractivity contribution in [2.75, 3.05) is 6.54 Å². The Balaban J connectivity index is 1.75. The molecule has 1 saturated carbocycles. The lowest BCUT2D eigenvalue weighted by Gasteiger charge is -2.38. The third kappa shape index (κ3) is 4.90. The number of halogens is 3. The van der Waals surface area contributed by atoms with Gasteiger partial charge in [0.15, 0.2) is 0 Å². The highest BCUT2D eigenvalue weighted by Crippen LogP contribution is 2.39. The predicted octanol–water partition coefficient (Wildman–Crippen LogP) is 5.63. The molecule has 0 heterocycles. The molecule has 0 aliphatic heterocycles. The minimum atomic E-state index is -4.54. The summed E-state index contributed by atoms with van der Waals surface area (Å²) >= 11 is 0. The maximum absolute atomic E-state index is 13.2. The number of rotatable bonds is 5. The quantitative estimate of drug-likeness (QED) is 0.721. The first-order chi connectivity index (χ1) is 12.9. The van der Waals surface area contributed by atoms with E-state index in [2.05, 4.69) is 17.4 Å². The molecule has 5 heteroatoms. The molecule has 2 nitrogen and oxygen atoms in total. The number of nitrogens with one attached hydrogen (secondary N) is 1. The van der Waals surface area contributed by atoms with Gasteiger partial charge in [0.1, 0.15) is 0 Å². The highest BCUT2D eigenvalue weighted by molar-refractivity contribution is 5.95. The third-order valence-corrected chi connectivity index (χ3v) is 5.44. The van der Waals surface area contributed by atoms with Gasteiger partial charge in [-0.15, -0.1) is 0 Å². The first-order valence-electron chi connectivity index (χ1n) is 9.38. The molecule has 2 aromatic rings. The normalized spacial score (nSPS) is 16.7. The minimum Gasteiger partial charge on any atom is -0.351 e. The van der Waals surface area contributed by atoms with Crippen LogP contribution in [0.5, 0.6) is 0 Å². The molecule has 1 fully saturated rings. The summed E-state index contributed by atoms with van der Waals surface area (Å²) < 4.78 is 39.6. The van der Waals surface area contributed by atoms with Crippen LogP contribution in [0.1, 0.15) is 53.6 Å². The van der Waals surface area contributed by atoms with E-state index in [0.717, 1.165) is 38.2 Å². The number of carbonyl (C=O) groups is 1. The lowest BCUT2D eigenvalue weighted by molar-refractivity contribution is -0.137. The van der Waals surface area contributed by atoms with Gasteiger partial charge in [-0.2, -0.15) is 13.2 Å². The molecule has 27 heavy (non-hydrogen) atoms. The Bertz CT molecular complexity index is 765. The lowest BCUT2D eigenvalue weighted by Crippen LogP contribution is -2.41. The van der Waals surface area contributed by atoms with Crippen LogP contribution in [0.4, 0.5) is 13.2 Å². The zero-order valence-electron chi connectivity index (χ0n) is 15.2. The minimum absolute atomic E-state index is 0.0948. The van der Waals surface area contributed by atoms with Crippen LogP contribution in [0.15, 0.2) is 54.6 Å². The second-order valence-electron chi connectivity index (χ2n) is 7.45. The van der Waals surface area contributed by atoms with E-state index < -0.39 is 17.6 Å². The SMILES string of the molecule is O=C(NCC1(Cc2ccccc2)CCCCC1)c1ccccc1C(F)(F)F. The maximum Gasteiger partial charge on any atom is 0.417 e. The predicted molar refractivity (Wildman–Crippen MR) is 99.4 cm³/mol. The smallest absolute Gasteiger partial charge is 0.351 e. The topological polar surface area (TPSA) is 29.1 Å². The van der Waals surface area contributed by atoms with Crippen LogP contribution in [-0.2, 0) is 12.6 Å². The molecule has 0 saturated heterocycles. The lowest BCUT2D eigenvalue weighted by atomic mass is 9.70. The molecule has 0 bridgehead atoms. The summed E-state index contributed by atoms with van der Waals surface area (Å²) in [7, 11) is 0. The largest absolute Gasteiger partial charge is 0.417 e. The van der Waals surface area contributed by atoms with Gasteiger partial charge in [0.2, 0.25) is 0 Å². The second-order valence-corrected chi connectivity index (χ2v) is 7.45. The molecule has 0 unspecified atom stereocenters. The molecule has 1 amide bonds. The number of alkyl halides is 3. The van der Waals surface area contributed by atoms with Crippen molar-refractivity contribution in [2.45, 2.75) is 44.7 Å². The molecule has 0 radical (unpaired) electrons. The van der Waals surface area contributed by atoms with Crippen LogP contribution in [0.25, 0.3) is 0 Å². The Morgan fingerprint density at radius 1 is 0.926 bits per heavy atom. The molecule has 144 valence electrons. The number of benzene rings is 2. The molecule has 1 N–H and O–H groups in total. The van der Waals surface area contributed by atoms with E-state index in [9.17, 15) is 18.0 Å². The van der Waals surface area contributed by atoms with Gasteiger partial charge in [-0.25, -0.2) is 0 Å². The van der Waals surface area contributed by atoms with E-state index in [0.29, 0.717) is 6.54 Å². The summed E-state index contributed by atoms with van der Waals surface area (Å²) in [5, 5.41) is 2.80. The average Bonchev–Trinajstić information content (AvgIpc) is 2.67. The Morgan fingerprint density at radius 3 is 2.22 bits per heavy atom. The van der Waals surface area contributed by atoms with Crippen LogP contribution in [-0.4, -0.2) is 12.5 Å². The monoisotopic (exact) mass is 375 g/mol. The molecule has 0 spiro atoms. The number of hydrogen-bond acceptors (Lipinski definition) is 1. The Hall–Kier alpha value is -2.30. The molecule has 0 aromatic heterocycles. The summed E-state index contributed by atoms with van der Waals surface area (Å²) in [4.78, 5) is 12.5. The van der Waals surface area contributed by atoms with Gasteiger partial charge in [0, 0.05) is 6.54 Å². The molecule has 3 rings (SSSR count). The summed E-state index contributed by atoms with van der Waals surface area (Å²) in [6.45, 7) is 0.396. The molecule has 1 aliphatic rings. The van der Waals surface area contributed by atoms with E-state index in [1.54, 1.807) is 0 Å². The van der Waals surface area contributed by atoms with E-state index in [1.807, 2.05) is 18.2 Å². The Kier molecular flexibility index (Phi) is 5.88. The van der Waals surface area contributed by atoms with Crippen molar-refractivity contribution >= 4 is 5.91 Å². The van der Waals surface area contributed by atoms with Crippen LogP contribution in [0.3, 0.4) is 0 Å². The van der Waals surface area contributed by atoms with Crippen LogP contribution in [0.2, 0.25) is 0 Å². The van der Waals surface area contributed by atoms with E-state index in [1.165, 1.54) is 30.2 Å². The zero-order chi connectivity index (χ0) is 19.3. The van der Waals surface area contributed by atoms with Crippen molar-refractivity contribution < 1.29 is 18.0 Å². The van der Waals surface area contributed by atoms with Crippen molar-refractivity contribution in [3.05, 3.63) is 71.3 Å². The Labute approximate surface area is 157 Å². The summed E-state index contributed by atoms with van der Waals surface area (Å²) in [5.74, 6) is -0.652.